The van der Waals surface area contributed by atoms with Crippen molar-refractivity contribution < 1.29 is 0 Å². The molecular weight excluding hydrogens is 266 g/mol. The molecule has 0 saturated carbocycles. The van der Waals surface area contributed by atoms with Gasteiger partial charge in [0.1, 0.15) is 0 Å². The fourth-order valence-electron chi connectivity index (χ4n) is 2.38. The number of rotatable bonds is 3. The number of hydrogen-bond acceptors (Lipinski definition) is 2. The molecule has 1 N–H and O–H groups in total. The van der Waals surface area contributed by atoms with E-state index in [1.54, 1.807) is 0 Å². The molecule has 1 atom stereocenters. The van der Waals surface area contributed by atoms with Crippen molar-refractivity contribution in [2.75, 3.05) is 25.9 Å². The molecule has 1 aromatic rings. The minimum Gasteiger partial charge on any atom is -0.352 e. The molecule has 1 heterocycles. The molecule has 0 aromatic heterocycles. The first kappa shape index (κ1) is 15.2. The van der Waals surface area contributed by atoms with Crippen LogP contribution in [0.5, 0.6) is 0 Å². The number of aliphatic imine (C=N–C) groups is 1. The SMILES string of the molecule is CCC1CN(C(=NC)NCc2ccc(C)cc2)CCS1. The molecular formula is C16H25N3S. The standard InChI is InChI=1S/C16H25N3S/c1-4-15-12-19(9-10-20-15)16(17-3)18-11-14-7-5-13(2)6-8-14/h5-8,15H,4,9-12H2,1-3H3,(H,17,18). The Bertz CT molecular complexity index is 442. The number of hydrogen-bond donors (Lipinski definition) is 1. The summed E-state index contributed by atoms with van der Waals surface area (Å²) in [5, 5.41) is 4.22. The Morgan fingerprint density at radius 2 is 2.15 bits per heavy atom. The van der Waals surface area contributed by atoms with E-state index in [9.17, 15) is 0 Å². The molecule has 0 radical (unpaired) electrons. The first-order valence-corrected chi connectivity index (χ1v) is 8.40. The minimum atomic E-state index is 0.738. The van der Waals surface area contributed by atoms with Gasteiger partial charge < -0.3 is 10.2 Å². The summed E-state index contributed by atoms with van der Waals surface area (Å²) in [7, 11) is 1.88. The van der Waals surface area contributed by atoms with Gasteiger partial charge in [0, 0.05) is 37.7 Å². The Balaban J connectivity index is 1.90. The highest BCUT2D eigenvalue weighted by Gasteiger charge is 2.21. The van der Waals surface area contributed by atoms with Crippen LogP contribution in [0.1, 0.15) is 24.5 Å². The van der Waals surface area contributed by atoms with Crippen molar-refractivity contribution in [3.8, 4) is 0 Å². The van der Waals surface area contributed by atoms with Crippen molar-refractivity contribution in [3.63, 3.8) is 0 Å². The van der Waals surface area contributed by atoms with Gasteiger partial charge in [0.15, 0.2) is 5.96 Å². The number of aryl methyl sites for hydroxylation is 1. The zero-order valence-electron chi connectivity index (χ0n) is 12.7. The number of nitrogens with zero attached hydrogens (tertiary/aromatic N) is 2. The third kappa shape index (κ3) is 4.17. The summed E-state index contributed by atoms with van der Waals surface area (Å²) in [6, 6.07) is 8.67. The highest BCUT2D eigenvalue weighted by molar-refractivity contribution is 8.00. The molecule has 3 nitrogen and oxygen atoms in total. The fourth-order valence-corrected chi connectivity index (χ4v) is 3.56. The van der Waals surface area contributed by atoms with Crippen LogP contribution in [-0.2, 0) is 6.54 Å². The lowest BCUT2D eigenvalue weighted by molar-refractivity contribution is 0.408. The van der Waals surface area contributed by atoms with Crippen molar-refractivity contribution >= 4 is 17.7 Å². The maximum absolute atomic E-state index is 4.44. The van der Waals surface area contributed by atoms with Gasteiger partial charge in [-0.3, -0.25) is 4.99 Å². The fraction of sp³-hybridized carbons (Fsp3) is 0.562. The largest absolute Gasteiger partial charge is 0.352 e. The maximum atomic E-state index is 4.44. The highest BCUT2D eigenvalue weighted by atomic mass is 32.2. The topological polar surface area (TPSA) is 27.6 Å². The molecule has 1 aliphatic heterocycles. The zero-order valence-corrected chi connectivity index (χ0v) is 13.5. The first-order valence-electron chi connectivity index (χ1n) is 7.35. The van der Waals surface area contributed by atoms with E-state index in [1.807, 2.05) is 7.05 Å². The van der Waals surface area contributed by atoms with Crippen LogP contribution in [0.2, 0.25) is 0 Å². The third-order valence-electron chi connectivity index (χ3n) is 3.68. The van der Waals surface area contributed by atoms with Crippen LogP contribution < -0.4 is 5.32 Å². The van der Waals surface area contributed by atoms with Gasteiger partial charge in [-0.25, -0.2) is 0 Å². The molecule has 0 aliphatic carbocycles. The van der Waals surface area contributed by atoms with E-state index in [-0.39, 0.29) is 0 Å². The first-order chi connectivity index (χ1) is 9.72. The Morgan fingerprint density at radius 1 is 1.40 bits per heavy atom. The predicted molar refractivity (Wildman–Crippen MR) is 89.5 cm³/mol. The zero-order chi connectivity index (χ0) is 14.4. The maximum Gasteiger partial charge on any atom is 0.193 e. The average molecular weight is 291 g/mol. The molecule has 1 aliphatic rings. The molecule has 1 saturated heterocycles. The van der Waals surface area contributed by atoms with E-state index in [1.165, 1.54) is 23.3 Å². The summed E-state index contributed by atoms with van der Waals surface area (Å²) >= 11 is 2.09. The van der Waals surface area contributed by atoms with E-state index in [4.69, 9.17) is 0 Å². The third-order valence-corrected chi connectivity index (χ3v) is 5.05. The monoisotopic (exact) mass is 291 g/mol. The minimum absolute atomic E-state index is 0.738. The van der Waals surface area contributed by atoms with Crippen LogP contribution in [0.25, 0.3) is 0 Å². The van der Waals surface area contributed by atoms with Crippen molar-refractivity contribution in [3.05, 3.63) is 35.4 Å². The lowest BCUT2D eigenvalue weighted by Gasteiger charge is -2.34. The molecule has 20 heavy (non-hydrogen) atoms. The van der Waals surface area contributed by atoms with Gasteiger partial charge in [-0.2, -0.15) is 11.8 Å². The normalized spacial score (nSPS) is 20.1. The Kier molecular flexibility index (Phi) is 5.77. The van der Waals surface area contributed by atoms with Crippen LogP contribution in [-0.4, -0.2) is 42.0 Å². The Labute approximate surface area is 126 Å². The summed E-state index contributed by atoms with van der Waals surface area (Å²) in [6.45, 7) is 7.42. The molecule has 0 spiro atoms. The van der Waals surface area contributed by atoms with Crippen LogP contribution in [0.3, 0.4) is 0 Å². The summed E-state index contributed by atoms with van der Waals surface area (Å²) in [5.74, 6) is 2.23. The van der Waals surface area contributed by atoms with Crippen molar-refractivity contribution in [1.29, 1.82) is 0 Å². The summed E-state index contributed by atoms with van der Waals surface area (Å²) < 4.78 is 0. The molecule has 2 rings (SSSR count). The predicted octanol–water partition coefficient (Wildman–Crippen LogP) is 2.90. The molecule has 110 valence electrons. The van der Waals surface area contributed by atoms with Gasteiger partial charge in [-0.15, -0.1) is 0 Å². The quantitative estimate of drug-likeness (QED) is 0.685. The highest BCUT2D eigenvalue weighted by Crippen LogP contribution is 2.21. The van der Waals surface area contributed by atoms with E-state index >= 15 is 0 Å². The second-order valence-corrected chi connectivity index (χ2v) is 6.64. The summed E-state index contributed by atoms with van der Waals surface area (Å²) in [4.78, 5) is 6.82. The van der Waals surface area contributed by atoms with Crippen LogP contribution in [0.4, 0.5) is 0 Å². The van der Waals surface area contributed by atoms with E-state index in [2.05, 4.69) is 65.1 Å². The van der Waals surface area contributed by atoms with Gasteiger partial charge in [-0.05, 0) is 18.9 Å². The molecule has 0 amide bonds. The number of benzene rings is 1. The van der Waals surface area contributed by atoms with Gasteiger partial charge in [-0.1, -0.05) is 36.8 Å². The summed E-state index contributed by atoms with van der Waals surface area (Å²) in [5.41, 5.74) is 2.60. The second kappa shape index (κ2) is 7.58. The molecule has 1 aromatic carbocycles. The van der Waals surface area contributed by atoms with Crippen molar-refractivity contribution in [1.82, 2.24) is 10.2 Å². The van der Waals surface area contributed by atoms with E-state index in [0.717, 1.165) is 30.8 Å². The van der Waals surface area contributed by atoms with Gasteiger partial charge in [0.2, 0.25) is 0 Å². The number of guanidine groups is 1. The molecule has 1 unspecified atom stereocenters. The van der Waals surface area contributed by atoms with Crippen LogP contribution in [0, 0.1) is 6.92 Å². The van der Waals surface area contributed by atoms with E-state index in [0.29, 0.717) is 0 Å². The van der Waals surface area contributed by atoms with Crippen LogP contribution >= 0.6 is 11.8 Å². The number of thioether (sulfide) groups is 1. The molecule has 4 heteroatoms. The Morgan fingerprint density at radius 3 is 2.80 bits per heavy atom. The summed E-state index contributed by atoms with van der Waals surface area (Å²) in [6.07, 6.45) is 1.23. The molecule has 1 fully saturated rings. The average Bonchev–Trinajstić information content (AvgIpc) is 2.50. The molecule has 0 bridgehead atoms. The van der Waals surface area contributed by atoms with Crippen molar-refractivity contribution in [2.45, 2.75) is 32.1 Å². The van der Waals surface area contributed by atoms with E-state index < -0.39 is 0 Å². The van der Waals surface area contributed by atoms with Gasteiger partial charge >= 0.3 is 0 Å². The Hall–Kier alpha value is -1.16. The lowest BCUT2D eigenvalue weighted by atomic mass is 10.1. The second-order valence-electron chi connectivity index (χ2n) is 5.23. The number of nitrogens with one attached hydrogen (secondary N) is 1. The van der Waals surface area contributed by atoms with Gasteiger partial charge in [0.05, 0.1) is 0 Å². The smallest absolute Gasteiger partial charge is 0.193 e. The van der Waals surface area contributed by atoms with Gasteiger partial charge in [0.25, 0.3) is 0 Å². The van der Waals surface area contributed by atoms with Crippen molar-refractivity contribution in [2.24, 2.45) is 4.99 Å². The van der Waals surface area contributed by atoms with Crippen LogP contribution in [0.15, 0.2) is 29.3 Å². The lowest BCUT2D eigenvalue weighted by Crippen LogP contribution is -2.47.